The van der Waals surface area contributed by atoms with Crippen molar-refractivity contribution in [2.45, 2.75) is 50.6 Å². The van der Waals surface area contributed by atoms with Gasteiger partial charge in [-0.3, -0.25) is 9.36 Å². The third kappa shape index (κ3) is 2.60. The molecular weight excluding hydrogens is 340 g/mol. The Balaban J connectivity index is 1.38. The van der Waals surface area contributed by atoms with Crippen LogP contribution in [0.5, 0.6) is 0 Å². The van der Waals surface area contributed by atoms with E-state index < -0.39 is 5.76 Å². The predicted octanol–water partition coefficient (Wildman–Crippen LogP) is 3.33. The van der Waals surface area contributed by atoms with Crippen LogP contribution in [0.25, 0.3) is 11.1 Å². The number of carbonyl (C=O) groups is 1. The van der Waals surface area contributed by atoms with E-state index in [4.69, 9.17) is 16.0 Å². The number of halogens is 1. The van der Waals surface area contributed by atoms with Gasteiger partial charge >= 0.3 is 5.76 Å². The lowest BCUT2D eigenvalue weighted by molar-refractivity contribution is -0.127. The molecule has 25 heavy (non-hydrogen) atoms. The van der Waals surface area contributed by atoms with Crippen molar-refractivity contribution < 1.29 is 9.21 Å². The fraction of sp³-hybridized carbons (Fsp3) is 0.579. The third-order valence-corrected chi connectivity index (χ3v) is 6.61. The van der Waals surface area contributed by atoms with Crippen molar-refractivity contribution in [3.8, 4) is 0 Å². The zero-order valence-corrected chi connectivity index (χ0v) is 14.7. The van der Waals surface area contributed by atoms with Crippen LogP contribution in [0, 0.1) is 17.8 Å². The van der Waals surface area contributed by atoms with Gasteiger partial charge in [0.25, 0.3) is 0 Å². The molecule has 0 aliphatic heterocycles. The molecule has 0 saturated heterocycles. The molecule has 4 saturated carbocycles. The maximum absolute atomic E-state index is 12.7. The number of amides is 1. The van der Waals surface area contributed by atoms with Crippen LogP contribution >= 0.6 is 11.6 Å². The number of rotatable bonds is 3. The number of oxazole rings is 1. The second-order valence-electron chi connectivity index (χ2n) is 8.31. The topological polar surface area (TPSA) is 64.2 Å². The number of nitrogens with zero attached hydrogens (tertiary/aromatic N) is 1. The van der Waals surface area contributed by atoms with Crippen molar-refractivity contribution in [3.63, 3.8) is 0 Å². The average Bonchev–Trinajstić information content (AvgIpc) is 2.80. The van der Waals surface area contributed by atoms with Gasteiger partial charge in [-0.15, -0.1) is 0 Å². The summed E-state index contributed by atoms with van der Waals surface area (Å²) in [5.41, 5.74) is 0.980. The highest BCUT2D eigenvalue weighted by molar-refractivity contribution is 6.31. The SMILES string of the molecule is O=C(Cn1c(=O)oc2cc(Cl)ccc21)NC12CC3CC(CC(C3)C1)C2. The maximum atomic E-state index is 12.7. The smallest absolute Gasteiger partial charge is 0.408 e. The lowest BCUT2D eigenvalue weighted by Crippen LogP contribution is -2.60. The van der Waals surface area contributed by atoms with E-state index in [0.29, 0.717) is 16.1 Å². The summed E-state index contributed by atoms with van der Waals surface area (Å²) >= 11 is 5.94. The van der Waals surface area contributed by atoms with E-state index in [1.807, 2.05) is 0 Å². The number of benzene rings is 1. The van der Waals surface area contributed by atoms with Crippen LogP contribution in [-0.4, -0.2) is 16.0 Å². The molecule has 0 radical (unpaired) electrons. The summed E-state index contributed by atoms with van der Waals surface area (Å²) in [6.45, 7) is -0.00475. The van der Waals surface area contributed by atoms with E-state index >= 15 is 0 Å². The van der Waals surface area contributed by atoms with Crippen molar-refractivity contribution in [1.29, 1.82) is 0 Å². The van der Waals surface area contributed by atoms with Crippen LogP contribution in [0.4, 0.5) is 0 Å². The molecule has 6 heteroatoms. The van der Waals surface area contributed by atoms with Gasteiger partial charge in [-0.2, -0.15) is 0 Å². The number of aromatic nitrogens is 1. The first-order chi connectivity index (χ1) is 12.0. The molecule has 1 aromatic heterocycles. The van der Waals surface area contributed by atoms with Gasteiger partial charge in [0, 0.05) is 16.6 Å². The molecule has 4 aliphatic rings. The molecule has 0 spiro atoms. The van der Waals surface area contributed by atoms with E-state index in [0.717, 1.165) is 37.0 Å². The third-order valence-electron chi connectivity index (χ3n) is 6.37. The Morgan fingerprint density at radius 2 is 1.84 bits per heavy atom. The summed E-state index contributed by atoms with van der Waals surface area (Å²) in [4.78, 5) is 24.8. The molecule has 2 aromatic rings. The molecule has 1 amide bonds. The predicted molar refractivity (Wildman–Crippen MR) is 94.5 cm³/mol. The van der Waals surface area contributed by atoms with Crippen LogP contribution < -0.4 is 11.1 Å². The first-order valence-electron chi connectivity index (χ1n) is 9.10. The van der Waals surface area contributed by atoms with Crippen LogP contribution in [0.15, 0.2) is 27.4 Å². The van der Waals surface area contributed by atoms with E-state index in [1.165, 1.54) is 23.8 Å². The van der Waals surface area contributed by atoms with E-state index in [2.05, 4.69) is 5.32 Å². The highest BCUT2D eigenvalue weighted by Gasteiger charge is 2.51. The minimum Gasteiger partial charge on any atom is -0.408 e. The number of hydrogen-bond acceptors (Lipinski definition) is 3. The van der Waals surface area contributed by atoms with Gasteiger partial charge in [-0.1, -0.05) is 11.6 Å². The number of hydrogen-bond donors (Lipinski definition) is 1. The molecule has 0 atom stereocenters. The molecule has 4 aliphatic carbocycles. The Labute approximate surface area is 150 Å². The summed E-state index contributed by atoms with van der Waals surface area (Å²) in [6, 6.07) is 5.03. The van der Waals surface area contributed by atoms with Crippen molar-refractivity contribution >= 4 is 28.6 Å². The lowest BCUT2D eigenvalue weighted by Gasteiger charge is -2.56. The first kappa shape index (κ1) is 15.5. The second kappa shape index (κ2) is 5.37. The lowest BCUT2D eigenvalue weighted by atomic mass is 9.53. The summed E-state index contributed by atoms with van der Waals surface area (Å²) in [7, 11) is 0. The Morgan fingerprint density at radius 1 is 1.20 bits per heavy atom. The zero-order valence-electron chi connectivity index (χ0n) is 14.0. The van der Waals surface area contributed by atoms with Gasteiger partial charge in [-0.25, -0.2) is 4.79 Å². The van der Waals surface area contributed by atoms with Crippen LogP contribution in [0.1, 0.15) is 38.5 Å². The minimum absolute atomic E-state index is 0.00475. The number of nitrogens with one attached hydrogen (secondary N) is 1. The van der Waals surface area contributed by atoms with Gasteiger partial charge in [-0.05, 0) is 68.4 Å². The fourth-order valence-corrected chi connectivity index (χ4v) is 6.09. The van der Waals surface area contributed by atoms with Crippen LogP contribution in [0.3, 0.4) is 0 Å². The highest BCUT2D eigenvalue weighted by atomic mass is 35.5. The maximum Gasteiger partial charge on any atom is 0.420 e. The average molecular weight is 361 g/mol. The molecule has 6 rings (SSSR count). The standard InChI is InChI=1S/C19H21ClN2O3/c20-14-1-2-15-16(6-14)25-18(24)22(15)10-17(23)21-19-7-11-3-12(8-19)5-13(4-11)9-19/h1-2,6,11-13H,3-5,7-10H2,(H,21,23). The van der Waals surface area contributed by atoms with Crippen molar-refractivity contribution in [3.05, 3.63) is 33.8 Å². The summed E-state index contributed by atoms with van der Waals surface area (Å²) in [5.74, 6) is 1.70. The normalized spacial score (nSPS) is 33.1. The quantitative estimate of drug-likeness (QED) is 0.913. The monoisotopic (exact) mass is 360 g/mol. The zero-order chi connectivity index (χ0) is 17.2. The van der Waals surface area contributed by atoms with Gasteiger partial charge < -0.3 is 9.73 Å². The highest BCUT2D eigenvalue weighted by Crippen LogP contribution is 2.55. The van der Waals surface area contributed by atoms with E-state index in [9.17, 15) is 9.59 Å². The van der Waals surface area contributed by atoms with Gasteiger partial charge in [0.2, 0.25) is 5.91 Å². The minimum atomic E-state index is -0.516. The summed E-state index contributed by atoms with van der Waals surface area (Å²) in [5, 5.41) is 3.81. The van der Waals surface area contributed by atoms with Gasteiger partial charge in [0.15, 0.2) is 5.58 Å². The van der Waals surface area contributed by atoms with Gasteiger partial charge in [0.1, 0.15) is 6.54 Å². The van der Waals surface area contributed by atoms with E-state index in [1.54, 1.807) is 18.2 Å². The molecule has 5 nitrogen and oxygen atoms in total. The Morgan fingerprint density at radius 3 is 2.48 bits per heavy atom. The summed E-state index contributed by atoms with van der Waals surface area (Å²) in [6.07, 6.45) is 7.30. The van der Waals surface area contributed by atoms with Gasteiger partial charge in [0.05, 0.1) is 5.52 Å². The fourth-order valence-electron chi connectivity index (χ4n) is 5.93. The molecular formula is C19H21ClN2O3. The first-order valence-corrected chi connectivity index (χ1v) is 9.47. The van der Waals surface area contributed by atoms with Crippen molar-refractivity contribution in [2.24, 2.45) is 17.8 Å². The van der Waals surface area contributed by atoms with Crippen LogP contribution in [-0.2, 0) is 11.3 Å². The number of fused-ring (bicyclic) bond motifs is 1. The molecule has 1 aromatic carbocycles. The molecule has 1 heterocycles. The Hall–Kier alpha value is -1.75. The molecule has 1 N–H and O–H groups in total. The van der Waals surface area contributed by atoms with Crippen LogP contribution in [0.2, 0.25) is 5.02 Å². The molecule has 0 unspecified atom stereocenters. The molecule has 4 fully saturated rings. The Kier molecular flexibility index (Phi) is 3.33. The number of carbonyl (C=O) groups excluding carboxylic acids is 1. The van der Waals surface area contributed by atoms with Crippen molar-refractivity contribution in [1.82, 2.24) is 9.88 Å². The second-order valence-corrected chi connectivity index (χ2v) is 8.75. The molecule has 4 bridgehead atoms. The largest absolute Gasteiger partial charge is 0.420 e. The molecule has 132 valence electrons. The van der Waals surface area contributed by atoms with Crippen molar-refractivity contribution in [2.75, 3.05) is 0 Å². The summed E-state index contributed by atoms with van der Waals surface area (Å²) < 4.78 is 6.61. The Bertz CT molecular complexity index is 878. The van der Waals surface area contributed by atoms with E-state index in [-0.39, 0.29) is 18.0 Å².